The molecule has 1 aromatic rings. The summed E-state index contributed by atoms with van der Waals surface area (Å²) in [5.74, 6) is -0.0114. The van der Waals surface area contributed by atoms with Gasteiger partial charge in [0.15, 0.2) is 0 Å². The minimum absolute atomic E-state index is 0.0631. The molecule has 2 saturated heterocycles. The van der Waals surface area contributed by atoms with Gasteiger partial charge in [-0.05, 0) is 12.8 Å². The zero-order valence-corrected chi connectivity index (χ0v) is 11.6. The summed E-state index contributed by atoms with van der Waals surface area (Å²) in [5, 5.41) is 4.16. The van der Waals surface area contributed by atoms with E-state index in [0.717, 1.165) is 19.4 Å². The number of carbonyl (C=O) groups excluding carboxylic acids is 2. The van der Waals surface area contributed by atoms with Crippen molar-refractivity contribution in [3.05, 3.63) is 12.7 Å². The summed E-state index contributed by atoms with van der Waals surface area (Å²) in [6.45, 7) is 1.98. The molecule has 2 aliphatic rings. The molecule has 108 valence electrons. The maximum Gasteiger partial charge on any atom is 0.228 e. The molecule has 1 aromatic heterocycles. The molecule has 2 amide bonds. The Hall–Kier alpha value is -1.92. The molecule has 0 aliphatic carbocycles. The number of piperidine rings is 1. The molecular formula is C13H19N5O2. The first-order chi connectivity index (χ1) is 9.65. The normalized spacial score (nSPS) is 27.1. The molecule has 7 nitrogen and oxygen atoms in total. The first-order valence-corrected chi connectivity index (χ1v) is 7.02. The van der Waals surface area contributed by atoms with Crippen LogP contribution in [0.5, 0.6) is 0 Å². The van der Waals surface area contributed by atoms with Gasteiger partial charge in [-0.2, -0.15) is 5.10 Å². The third kappa shape index (κ3) is 2.39. The van der Waals surface area contributed by atoms with Gasteiger partial charge in [-0.15, -0.1) is 0 Å². The Morgan fingerprint density at radius 3 is 2.90 bits per heavy atom. The van der Waals surface area contributed by atoms with Crippen molar-refractivity contribution in [2.45, 2.75) is 25.3 Å². The van der Waals surface area contributed by atoms with Crippen molar-refractivity contribution in [2.75, 3.05) is 26.7 Å². The lowest BCUT2D eigenvalue weighted by Crippen LogP contribution is -2.44. The number of aromatic nitrogens is 3. The maximum atomic E-state index is 12.5. The molecule has 2 aliphatic heterocycles. The summed E-state index contributed by atoms with van der Waals surface area (Å²) in [6.07, 6.45) is 5.54. The third-order valence-electron chi connectivity index (χ3n) is 4.21. The molecule has 0 unspecified atom stereocenters. The van der Waals surface area contributed by atoms with Gasteiger partial charge in [0.2, 0.25) is 11.8 Å². The molecule has 0 radical (unpaired) electrons. The van der Waals surface area contributed by atoms with Crippen molar-refractivity contribution < 1.29 is 9.59 Å². The highest BCUT2D eigenvalue weighted by molar-refractivity contribution is 5.89. The highest BCUT2D eigenvalue weighted by Crippen LogP contribution is 2.24. The fraction of sp³-hybridized carbons (Fsp3) is 0.692. The zero-order valence-electron chi connectivity index (χ0n) is 11.6. The van der Waals surface area contributed by atoms with Gasteiger partial charge < -0.3 is 9.80 Å². The molecule has 0 bridgehead atoms. The molecule has 2 atom stereocenters. The molecule has 0 saturated carbocycles. The first-order valence-electron chi connectivity index (χ1n) is 7.02. The Balaban J connectivity index is 1.65. The van der Waals surface area contributed by atoms with E-state index in [4.69, 9.17) is 0 Å². The van der Waals surface area contributed by atoms with Gasteiger partial charge in [0.25, 0.3) is 0 Å². The number of hydrogen-bond donors (Lipinski definition) is 0. The van der Waals surface area contributed by atoms with Crippen LogP contribution < -0.4 is 0 Å². The van der Waals surface area contributed by atoms with Crippen molar-refractivity contribution in [3.63, 3.8) is 0 Å². The average Bonchev–Trinajstić information content (AvgIpc) is 3.09. The van der Waals surface area contributed by atoms with Crippen LogP contribution in [-0.2, 0) is 9.59 Å². The lowest BCUT2D eigenvalue weighted by atomic mass is 10.0. The smallest absolute Gasteiger partial charge is 0.228 e. The van der Waals surface area contributed by atoms with Crippen LogP contribution in [0.4, 0.5) is 0 Å². The van der Waals surface area contributed by atoms with Crippen LogP contribution in [0.1, 0.15) is 25.3 Å². The number of amides is 2. The van der Waals surface area contributed by atoms with Crippen LogP contribution >= 0.6 is 0 Å². The summed E-state index contributed by atoms with van der Waals surface area (Å²) in [4.78, 5) is 31.5. The summed E-state index contributed by atoms with van der Waals surface area (Å²) in [5.41, 5.74) is 0. The first kappa shape index (κ1) is 13.1. The largest absolute Gasteiger partial charge is 0.345 e. The summed E-state index contributed by atoms with van der Waals surface area (Å²) in [7, 11) is 1.75. The fourth-order valence-electron chi connectivity index (χ4n) is 3.06. The van der Waals surface area contributed by atoms with Gasteiger partial charge in [-0.3, -0.25) is 9.59 Å². The van der Waals surface area contributed by atoms with Gasteiger partial charge in [-0.1, -0.05) is 0 Å². The maximum absolute atomic E-state index is 12.5. The van der Waals surface area contributed by atoms with Crippen LogP contribution in [0.25, 0.3) is 0 Å². The summed E-state index contributed by atoms with van der Waals surface area (Å²) in [6, 6.07) is 0.199. The highest BCUT2D eigenvalue weighted by Gasteiger charge is 2.36. The lowest BCUT2D eigenvalue weighted by Gasteiger charge is -2.34. The SMILES string of the molecule is CN1C[C@@H](C(=O)N2CCC[C@H](n3cncn3)C2)CC1=O. The number of rotatable bonds is 2. The van der Waals surface area contributed by atoms with E-state index < -0.39 is 0 Å². The monoisotopic (exact) mass is 277 g/mol. The molecule has 0 spiro atoms. The Labute approximate surface area is 117 Å². The molecule has 2 fully saturated rings. The third-order valence-corrected chi connectivity index (χ3v) is 4.21. The Kier molecular flexibility index (Phi) is 3.42. The summed E-state index contributed by atoms with van der Waals surface area (Å²) < 4.78 is 1.82. The van der Waals surface area contributed by atoms with Gasteiger partial charge in [0, 0.05) is 33.1 Å². The van der Waals surface area contributed by atoms with Crippen LogP contribution in [0.15, 0.2) is 12.7 Å². The minimum Gasteiger partial charge on any atom is -0.345 e. The van der Waals surface area contributed by atoms with E-state index in [-0.39, 0.29) is 23.8 Å². The topological polar surface area (TPSA) is 71.3 Å². The number of nitrogens with zero attached hydrogens (tertiary/aromatic N) is 5. The van der Waals surface area contributed by atoms with Gasteiger partial charge in [0.05, 0.1) is 12.0 Å². The van der Waals surface area contributed by atoms with Crippen molar-refractivity contribution in [2.24, 2.45) is 5.92 Å². The summed E-state index contributed by atoms with van der Waals surface area (Å²) >= 11 is 0. The molecule has 0 N–H and O–H groups in total. The van der Waals surface area contributed by atoms with Crippen molar-refractivity contribution in [3.8, 4) is 0 Å². The molecule has 0 aromatic carbocycles. The van der Waals surface area contributed by atoms with Gasteiger partial charge >= 0.3 is 0 Å². The van der Waals surface area contributed by atoms with Crippen molar-refractivity contribution >= 4 is 11.8 Å². The van der Waals surface area contributed by atoms with E-state index in [0.29, 0.717) is 19.5 Å². The molecule has 3 heterocycles. The Bertz CT molecular complexity index is 501. The fourth-order valence-corrected chi connectivity index (χ4v) is 3.06. The number of hydrogen-bond acceptors (Lipinski definition) is 4. The second-order valence-electron chi connectivity index (χ2n) is 5.63. The lowest BCUT2D eigenvalue weighted by molar-refractivity contribution is -0.137. The van der Waals surface area contributed by atoms with E-state index in [2.05, 4.69) is 10.1 Å². The van der Waals surface area contributed by atoms with E-state index >= 15 is 0 Å². The number of carbonyl (C=O) groups is 2. The minimum atomic E-state index is -0.179. The number of likely N-dealkylation sites (tertiary alicyclic amines) is 2. The second-order valence-corrected chi connectivity index (χ2v) is 5.63. The predicted octanol–water partition coefficient (Wildman–Crippen LogP) is -0.0801. The van der Waals surface area contributed by atoms with E-state index in [1.54, 1.807) is 18.3 Å². The average molecular weight is 277 g/mol. The van der Waals surface area contributed by atoms with Crippen LogP contribution in [0, 0.1) is 5.92 Å². The van der Waals surface area contributed by atoms with E-state index in [1.165, 1.54) is 6.33 Å². The van der Waals surface area contributed by atoms with E-state index in [9.17, 15) is 9.59 Å². The predicted molar refractivity (Wildman–Crippen MR) is 70.6 cm³/mol. The van der Waals surface area contributed by atoms with Crippen LogP contribution in [0.2, 0.25) is 0 Å². The molecule has 3 rings (SSSR count). The Morgan fingerprint density at radius 2 is 2.25 bits per heavy atom. The molecule has 7 heteroatoms. The van der Waals surface area contributed by atoms with Crippen molar-refractivity contribution in [1.82, 2.24) is 24.6 Å². The van der Waals surface area contributed by atoms with Gasteiger partial charge in [0.1, 0.15) is 12.7 Å². The molecule has 20 heavy (non-hydrogen) atoms. The standard InChI is InChI=1S/C13H19N5O2/c1-16-6-10(5-12(16)19)13(20)17-4-2-3-11(7-17)18-9-14-8-15-18/h8-11H,2-7H2,1H3/t10-,11-/m0/s1. The quantitative estimate of drug-likeness (QED) is 0.758. The van der Waals surface area contributed by atoms with Crippen molar-refractivity contribution in [1.29, 1.82) is 0 Å². The van der Waals surface area contributed by atoms with E-state index in [1.807, 2.05) is 9.58 Å². The Morgan fingerprint density at radius 1 is 1.40 bits per heavy atom. The highest BCUT2D eigenvalue weighted by atomic mass is 16.2. The van der Waals surface area contributed by atoms with Crippen LogP contribution in [0.3, 0.4) is 0 Å². The zero-order chi connectivity index (χ0) is 14.1. The second kappa shape index (κ2) is 5.22. The molecular weight excluding hydrogens is 258 g/mol. The van der Waals surface area contributed by atoms with Crippen LogP contribution in [-0.4, -0.2) is 63.1 Å². The van der Waals surface area contributed by atoms with Gasteiger partial charge in [-0.25, -0.2) is 9.67 Å².